The highest BCUT2D eigenvalue weighted by Gasteiger charge is 2.53. The lowest BCUT2D eigenvalue weighted by atomic mass is 10.0. The molecule has 0 bridgehead atoms. The van der Waals surface area contributed by atoms with Crippen molar-refractivity contribution in [3.05, 3.63) is 23.9 Å². The van der Waals surface area contributed by atoms with Crippen molar-refractivity contribution in [2.45, 2.75) is 57.9 Å². The van der Waals surface area contributed by atoms with E-state index in [1.807, 2.05) is 20.8 Å². The number of amides is 1. The van der Waals surface area contributed by atoms with E-state index in [9.17, 15) is 18.0 Å². The van der Waals surface area contributed by atoms with E-state index in [1.165, 1.54) is 6.07 Å². The van der Waals surface area contributed by atoms with E-state index >= 15 is 0 Å². The van der Waals surface area contributed by atoms with Crippen LogP contribution in [0.15, 0.2) is 18.3 Å². The molecule has 2 heterocycles. The lowest BCUT2D eigenvalue weighted by Gasteiger charge is -2.28. The minimum Gasteiger partial charge on any atom is -0.444 e. The van der Waals surface area contributed by atoms with Crippen molar-refractivity contribution in [3.8, 4) is 0 Å². The molecule has 1 saturated carbocycles. The van der Waals surface area contributed by atoms with E-state index in [1.54, 1.807) is 4.90 Å². The summed E-state index contributed by atoms with van der Waals surface area (Å²) in [6.45, 7) is 6.59. The highest BCUT2D eigenvalue weighted by molar-refractivity contribution is 5.69. The van der Waals surface area contributed by atoms with Crippen LogP contribution in [0, 0.1) is 5.41 Å². The molecule has 2 aliphatic rings. The molecule has 1 spiro atoms. The van der Waals surface area contributed by atoms with Crippen LogP contribution < -0.4 is 5.32 Å². The molecule has 1 aromatic rings. The second kappa shape index (κ2) is 6.32. The van der Waals surface area contributed by atoms with Gasteiger partial charge in [0.15, 0.2) is 0 Å². The Labute approximate surface area is 150 Å². The van der Waals surface area contributed by atoms with Crippen LogP contribution in [0.2, 0.25) is 0 Å². The van der Waals surface area contributed by atoms with Gasteiger partial charge < -0.3 is 15.0 Å². The van der Waals surface area contributed by atoms with Crippen LogP contribution in [-0.4, -0.2) is 40.7 Å². The summed E-state index contributed by atoms with van der Waals surface area (Å²) in [5.74, 6) is 0.360. The first-order valence-electron chi connectivity index (χ1n) is 8.74. The first kappa shape index (κ1) is 18.8. The average molecular weight is 371 g/mol. The smallest absolute Gasteiger partial charge is 0.417 e. The first-order chi connectivity index (χ1) is 12.0. The zero-order valence-corrected chi connectivity index (χ0v) is 15.2. The quantitative estimate of drug-likeness (QED) is 0.861. The van der Waals surface area contributed by atoms with Gasteiger partial charge in [0.2, 0.25) is 0 Å². The van der Waals surface area contributed by atoms with Crippen molar-refractivity contribution in [2.24, 2.45) is 5.41 Å². The van der Waals surface area contributed by atoms with Crippen LogP contribution in [0.1, 0.15) is 45.6 Å². The maximum absolute atomic E-state index is 12.6. The van der Waals surface area contributed by atoms with E-state index in [0.29, 0.717) is 18.9 Å². The van der Waals surface area contributed by atoms with Crippen LogP contribution >= 0.6 is 0 Å². The number of pyridine rings is 1. The normalized spacial score (nSPS) is 21.8. The van der Waals surface area contributed by atoms with Crippen LogP contribution in [0.3, 0.4) is 0 Å². The summed E-state index contributed by atoms with van der Waals surface area (Å²) >= 11 is 0. The number of alkyl halides is 3. The number of aromatic nitrogens is 1. The highest BCUT2D eigenvalue weighted by Crippen LogP contribution is 2.54. The van der Waals surface area contributed by atoms with E-state index in [4.69, 9.17) is 4.74 Å². The van der Waals surface area contributed by atoms with Gasteiger partial charge in [0.1, 0.15) is 11.4 Å². The number of ether oxygens (including phenoxy) is 1. The molecule has 144 valence electrons. The fourth-order valence-electron chi connectivity index (χ4n) is 3.31. The second-order valence-electron chi connectivity index (χ2n) is 8.28. The van der Waals surface area contributed by atoms with Gasteiger partial charge in [-0.1, -0.05) is 0 Å². The summed E-state index contributed by atoms with van der Waals surface area (Å²) in [5.41, 5.74) is -1.16. The molecule has 0 unspecified atom stereocenters. The number of anilines is 1. The molecule has 1 aliphatic carbocycles. The lowest BCUT2D eigenvalue weighted by molar-refractivity contribution is -0.137. The van der Waals surface area contributed by atoms with Gasteiger partial charge in [0.05, 0.1) is 11.6 Å². The third kappa shape index (κ3) is 4.40. The summed E-state index contributed by atoms with van der Waals surface area (Å²) in [6.07, 6.45) is -0.857. The van der Waals surface area contributed by atoms with Crippen LogP contribution in [0.5, 0.6) is 0 Å². The molecule has 26 heavy (non-hydrogen) atoms. The monoisotopic (exact) mass is 371 g/mol. The minimum absolute atomic E-state index is 0.0588. The SMILES string of the molecule is CC(C)(C)OC(=O)N1CC2(CC2)C[C@H]1CNc1ccc(C(F)(F)F)cn1. The Morgan fingerprint density at radius 3 is 2.54 bits per heavy atom. The van der Waals surface area contributed by atoms with E-state index in [-0.39, 0.29) is 17.6 Å². The van der Waals surface area contributed by atoms with Crippen LogP contribution in [0.4, 0.5) is 23.8 Å². The molecule has 0 radical (unpaired) electrons. The molecule has 0 aromatic carbocycles. The third-order valence-electron chi connectivity index (χ3n) is 4.81. The molecule has 5 nitrogen and oxygen atoms in total. The fraction of sp³-hybridized carbons (Fsp3) is 0.667. The van der Waals surface area contributed by atoms with Crippen molar-refractivity contribution < 1.29 is 22.7 Å². The van der Waals surface area contributed by atoms with E-state index in [0.717, 1.165) is 31.5 Å². The Kier molecular flexibility index (Phi) is 4.56. The average Bonchev–Trinajstić information content (AvgIpc) is 3.15. The highest BCUT2D eigenvalue weighted by atomic mass is 19.4. The predicted octanol–water partition coefficient (Wildman–Crippen LogP) is 4.30. The molecular formula is C18H24F3N3O2. The molecule has 1 aliphatic heterocycles. The summed E-state index contributed by atoms with van der Waals surface area (Å²) in [5, 5.41) is 3.05. The summed E-state index contributed by atoms with van der Waals surface area (Å²) in [7, 11) is 0. The number of likely N-dealkylation sites (tertiary alicyclic amines) is 1. The second-order valence-corrected chi connectivity index (χ2v) is 8.28. The van der Waals surface area contributed by atoms with Crippen molar-refractivity contribution in [1.82, 2.24) is 9.88 Å². The zero-order chi connectivity index (χ0) is 19.2. The topological polar surface area (TPSA) is 54.5 Å². The Hall–Kier alpha value is -1.99. The number of halogens is 3. The minimum atomic E-state index is -4.40. The number of hydrogen-bond acceptors (Lipinski definition) is 4. The number of rotatable bonds is 3. The van der Waals surface area contributed by atoms with Crippen molar-refractivity contribution in [1.29, 1.82) is 0 Å². The number of nitrogens with one attached hydrogen (secondary N) is 1. The number of hydrogen-bond donors (Lipinski definition) is 1. The van der Waals surface area contributed by atoms with Gasteiger partial charge in [-0.2, -0.15) is 13.2 Å². The summed E-state index contributed by atoms with van der Waals surface area (Å²) in [4.78, 5) is 18.1. The molecule has 1 aromatic heterocycles. The van der Waals surface area contributed by atoms with Crippen LogP contribution in [0.25, 0.3) is 0 Å². The lowest BCUT2D eigenvalue weighted by Crippen LogP contribution is -2.42. The predicted molar refractivity (Wildman–Crippen MR) is 90.7 cm³/mol. The molecule has 1 amide bonds. The first-order valence-corrected chi connectivity index (χ1v) is 8.74. The molecule has 1 N–H and O–H groups in total. The van der Waals surface area contributed by atoms with E-state index < -0.39 is 17.3 Å². The van der Waals surface area contributed by atoms with Crippen LogP contribution in [-0.2, 0) is 10.9 Å². The van der Waals surface area contributed by atoms with Gasteiger partial charge in [-0.05, 0) is 57.6 Å². The van der Waals surface area contributed by atoms with Gasteiger partial charge in [0.25, 0.3) is 0 Å². The Morgan fingerprint density at radius 2 is 2.04 bits per heavy atom. The molecule has 1 atom stereocenters. The standard InChI is InChI=1S/C18H24F3N3O2/c1-16(2,3)26-15(25)24-11-17(6-7-17)8-13(24)10-23-14-5-4-12(9-22-14)18(19,20)21/h4-5,9,13H,6-8,10-11H2,1-3H3,(H,22,23)/t13-/m0/s1. The molecule has 2 fully saturated rings. The third-order valence-corrected chi connectivity index (χ3v) is 4.81. The maximum atomic E-state index is 12.6. The zero-order valence-electron chi connectivity index (χ0n) is 15.2. The van der Waals surface area contributed by atoms with Gasteiger partial charge in [-0.25, -0.2) is 9.78 Å². The van der Waals surface area contributed by atoms with Crippen molar-refractivity contribution in [3.63, 3.8) is 0 Å². The van der Waals surface area contributed by atoms with Gasteiger partial charge >= 0.3 is 12.3 Å². The van der Waals surface area contributed by atoms with Gasteiger partial charge in [-0.15, -0.1) is 0 Å². The molecular weight excluding hydrogens is 347 g/mol. The van der Waals surface area contributed by atoms with Crippen molar-refractivity contribution >= 4 is 11.9 Å². The Bertz CT molecular complexity index is 664. The van der Waals surface area contributed by atoms with Crippen molar-refractivity contribution in [2.75, 3.05) is 18.4 Å². The number of nitrogens with zero attached hydrogens (tertiary/aromatic N) is 2. The Balaban J connectivity index is 1.62. The summed E-state index contributed by atoms with van der Waals surface area (Å²) < 4.78 is 43.3. The fourth-order valence-corrected chi connectivity index (χ4v) is 3.31. The van der Waals surface area contributed by atoms with Gasteiger partial charge in [0, 0.05) is 19.3 Å². The molecule has 8 heteroatoms. The largest absolute Gasteiger partial charge is 0.444 e. The Morgan fingerprint density at radius 1 is 1.35 bits per heavy atom. The maximum Gasteiger partial charge on any atom is 0.417 e. The summed E-state index contributed by atoms with van der Waals surface area (Å²) in [6, 6.07) is 2.25. The number of carbonyl (C=O) groups excluding carboxylic acids is 1. The van der Waals surface area contributed by atoms with Gasteiger partial charge in [-0.3, -0.25) is 0 Å². The van der Waals surface area contributed by atoms with E-state index in [2.05, 4.69) is 10.3 Å². The molecule has 1 saturated heterocycles. The molecule has 3 rings (SSSR count). The number of carbonyl (C=O) groups is 1.